The number of rotatable bonds is 3. The largest absolute Gasteiger partial charge is 0.420 e. The van der Waals surface area contributed by atoms with E-state index < -0.39 is 23.2 Å². The topological polar surface area (TPSA) is 128 Å². The van der Waals surface area contributed by atoms with Crippen LogP contribution in [0, 0.1) is 0 Å². The number of nitrogens with one attached hydrogen (secondary N) is 3. The molecule has 13 heteroatoms. The van der Waals surface area contributed by atoms with Crippen LogP contribution in [0.2, 0.25) is 0 Å². The van der Waals surface area contributed by atoms with Crippen LogP contribution in [0.4, 0.5) is 24.7 Å². The van der Waals surface area contributed by atoms with Crippen LogP contribution in [-0.4, -0.2) is 53.0 Å². The van der Waals surface area contributed by atoms with Gasteiger partial charge in [-0.15, -0.1) is 0 Å². The van der Waals surface area contributed by atoms with E-state index in [2.05, 4.69) is 30.5 Å². The van der Waals surface area contributed by atoms with Crippen LogP contribution >= 0.6 is 0 Å². The van der Waals surface area contributed by atoms with Crippen molar-refractivity contribution in [3.05, 3.63) is 63.9 Å². The van der Waals surface area contributed by atoms with Crippen molar-refractivity contribution >= 4 is 28.6 Å². The number of aromatic amines is 1. The molecule has 0 aliphatic carbocycles. The molecule has 37 heavy (non-hydrogen) atoms. The van der Waals surface area contributed by atoms with Gasteiger partial charge in [-0.1, -0.05) is 6.07 Å². The lowest BCUT2D eigenvalue weighted by Crippen LogP contribution is -2.57. The zero-order valence-corrected chi connectivity index (χ0v) is 20.1. The summed E-state index contributed by atoms with van der Waals surface area (Å²) in [5.74, 6) is -0.488. The predicted octanol–water partition coefficient (Wildman–Crippen LogP) is 2.51. The van der Waals surface area contributed by atoms with Crippen LogP contribution in [0.25, 0.3) is 11.1 Å². The van der Waals surface area contributed by atoms with Gasteiger partial charge in [0, 0.05) is 31.4 Å². The molecule has 0 spiro atoms. The number of likely N-dealkylation sites (N-methyl/N-ethyl adjacent to an activating group) is 1. The van der Waals surface area contributed by atoms with Gasteiger partial charge in [0.1, 0.15) is 17.0 Å². The number of benzene rings is 1. The molecule has 6 rings (SSSR count). The number of alkyl halides is 3. The van der Waals surface area contributed by atoms with E-state index in [1.807, 2.05) is 7.05 Å². The predicted molar refractivity (Wildman–Crippen MR) is 132 cm³/mol. The first-order chi connectivity index (χ1) is 17.5. The highest BCUT2D eigenvalue weighted by molar-refractivity contribution is 5.95. The minimum absolute atomic E-state index is 0.0141. The summed E-state index contributed by atoms with van der Waals surface area (Å²) in [4.78, 5) is 26.6. The lowest BCUT2D eigenvalue weighted by atomic mass is 9.92. The maximum absolute atomic E-state index is 14.1. The number of nitrogens with zero attached hydrogens (tertiary/aromatic N) is 4. The van der Waals surface area contributed by atoms with Crippen LogP contribution in [0.1, 0.15) is 24.5 Å². The third-order valence-electron chi connectivity index (χ3n) is 7.42. The van der Waals surface area contributed by atoms with Crippen molar-refractivity contribution in [3.63, 3.8) is 0 Å². The molecule has 3 aliphatic heterocycles. The fourth-order valence-electron chi connectivity index (χ4n) is 5.37. The van der Waals surface area contributed by atoms with Gasteiger partial charge in [0.2, 0.25) is 5.96 Å². The summed E-state index contributed by atoms with van der Waals surface area (Å²) in [6.07, 6.45) is -0.846. The van der Waals surface area contributed by atoms with Crippen LogP contribution in [0.3, 0.4) is 0 Å². The Bertz CT molecular complexity index is 1510. The number of hydrogen-bond acceptors (Lipinski definition) is 9. The molecule has 5 N–H and O–H groups in total. The van der Waals surface area contributed by atoms with Crippen molar-refractivity contribution < 1.29 is 17.6 Å². The first-order valence-corrected chi connectivity index (χ1v) is 11.8. The number of nitrogens with two attached hydrogens (primary N) is 1. The second kappa shape index (κ2) is 8.08. The highest BCUT2D eigenvalue weighted by Gasteiger charge is 2.45. The Hall–Kier alpha value is -3.84. The number of pyridine rings is 1. The Morgan fingerprint density at radius 2 is 2.05 bits per heavy atom. The first-order valence-electron chi connectivity index (χ1n) is 11.8. The minimum Gasteiger partial charge on any atom is -0.408 e. The molecule has 2 aromatic heterocycles. The molecule has 2 bridgehead atoms. The summed E-state index contributed by atoms with van der Waals surface area (Å²) in [6.45, 7) is 3.01. The molecule has 1 aromatic carbocycles. The SMILES string of the molecule is CC1=CN=C(Nc2cnc(N3C[C@@H]4C[C@H]3CN4C)c(C(F)(F)F)c2)NC1(N)c1ccc2oc(=O)[nH]c2c1. The summed E-state index contributed by atoms with van der Waals surface area (Å²) in [5, 5.41) is 5.96. The zero-order chi connectivity index (χ0) is 26.1. The van der Waals surface area contributed by atoms with Crippen molar-refractivity contribution in [3.8, 4) is 0 Å². The molecule has 2 fully saturated rings. The summed E-state index contributed by atoms with van der Waals surface area (Å²) in [7, 11) is 1.99. The second-order valence-electron chi connectivity index (χ2n) is 9.80. The number of likely N-dealkylation sites (tertiary alicyclic amines) is 1. The summed E-state index contributed by atoms with van der Waals surface area (Å²) < 4.78 is 47.3. The van der Waals surface area contributed by atoms with Gasteiger partial charge in [0.05, 0.1) is 17.4 Å². The molecule has 5 heterocycles. The molecule has 1 unspecified atom stereocenters. The van der Waals surface area contributed by atoms with Crippen molar-refractivity contribution in [2.24, 2.45) is 10.7 Å². The van der Waals surface area contributed by atoms with Crippen molar-refractivity contribution in [1.82, 2.24) is 20.2 Å². The van der Waals surface area contributed by atoms with Gasteiger partial charge in [-0.05, 0) is 49.7 Å². The molecular formula is C24H25F3N8O2. The monoisotopic (exact) mass is 514 g/mol. The molecular weight excluding hydrogens is 489 g/mol. The van der Waals surface area contributed by atoms with E-state index in [-0.39, 0.29) is 29.5 Å². The van der Waals surface area contributed by atoms with E-state index >= 15 is 0 Å². The molecule has 0 saturated carbocycles. The molecule has 2 saturated heterocycles. The van der Waals surface area contributed by atoms with E-state index in [0.717, 1.165) is 12.5 Å². The Kier molecular flexibility index (Phi) is 5.14. The van der Waals surface area contributed by atoms with Crippen LogP contribution < -0.4 is 27.0 Å². The number of anilines is 2. The van der Waals surface area contributed by atoms with Gasteiger partial charge in [-0.25, -0.2) is 14.8 Å². The number of aromatic nitrogens is 2. The van der Waals surface area contributed by atoms with Crippen LogP contribution in [-0.2, 0) is 11.8 Å². The van der Waals surface area contributed by atoms with Gasteiger partial charge in [-0.2, -0.15) is 13.2 Å². The van der Waals surface area contributed by atoms with E-state index in [1.165, 1.54) is 12.4 Å². The van der Waals surface area contributed by atoms with Crippen molar-refractivity contribution in [1.29, 1.82) is 0 Å². The number of aliphatic imine (C=N–C) groups is 1. The zero-order valence-electron chi connectivity index (χ0n) is 20.1. The molecule has 3 aliphatic rings. The number of piperazine rings is 1. The quantitative estimate of drug-likeness (QED) is 0.420. The first kappa shape index (κ1) is 23.6. The van der Waals surface area contributed by atoms with Gasteiger partial charge in [0.15, 0.2) is 5.58 Å². The summed E-state index contributed by atoms with van der Waals surface area (Å²) in [6, 6.07) is 6.29. The number of oxazole rings is 1. The third kappa shape index (κ3) is 3.94. The molecule has 0 amide bonds. The Morgan fingerprint density at radius 3 is 2.76 bits per heavy atom. The number of guanidine groups is 1. The fraction of sp³-hybridized carbons (Fsp3) is 0.375. The number of hydrogen-bond donors (Lipinski definition) is 4. The number of halogens is 3. The Labute approximate surface area is 209 Å². The van der Waals surface area contributed by atoms with E-state index in [0.29, 0.717) is 35.3 Å². The Balaban J connectivity index is 1.28. The maximum atomic E-state index is 14.1. The van der Waals surface area contributed by atoms with Crippen molar-refractivity contribution in [2.75, 3.05) is 30.4 Å². The summed E-state index contributed by atoms with van der Waals surface area (Å²) >= 11 is 0. The van der Waals surface area contributed by atoms with Crippen LogP contribution in [0.5, 0.6) is 0 Å². The minimum atomic E-state index is -4.58. The average Bonchev–Trinajstić information content (AvgIpc) is 3.53. The lowest BCUT2D eigenvalue weighted by molar-refractivity contribution is -0.137. The standard InChI is InChI=1S/C24H25F3N8O2/c1-12-8-30-21(33-23(12,28)13-3-4-19-18(5-13)32-22(36)37-19)31-14-6-17(24(25,26)27)20(29-9-14)35-11-15-7-16(35)10-34(15)2/h3-6,8-9,15-16H,7,10-11,28H2,1-2H3,(H,32,36)(H2,30,31,33)/t15-,16-,23?/m0/s1. The fourth-order valence-corrected chi connectivity index (χ4v) is 5.37. The smallest absolute Gasteiger partial charge is 0.408 e. The van der Waals surface area contributed by atoms with Gasteiger partial charge in [-0.3, -0.25) is 9.88 Å². The highest BCUT2D eigenvalue weighted by atomic mass is 19.4. The van der Waals surface area contributed by atoms with E-state index in [9.17, 15) is 18.0 Å². The van der Waals surface area contributed by atoms with Gasteiger partial charge < -0.3 is 25.7 Å². The van der Waals surface area contributed by atoms with Gasteiger partial charge >= 0.3 is 11.9 Å². The van der Waals surface area contributed by atoms with Gasteiger partial charge in [0.25, 0.3) is 0 Å². The molecule has 10 nitrogen and oxygen atoms in total. The molecule has 194 valence electrons. The lowest BCUT2D eigenvalue weighted by Gasteiger charge is -2.36. The maximum Gasteiger partial charge on any atom is 0.420 e. The van der Waals surface area contributed by atoms with E-state index in [4.69, 9.17) is 10.2 Å². The number of H-pyrrole nitrogens is 1. The number of fused-ring (bicyclic) bond motifs is 3. The molecule has 0 radical (unpaired) electrons. The van der Waals surface area contributed by atoms with Crippen LogP contribution in [0.15, 0.2) is 56.4 Å². The van der Waals surface area contributed by atoms with Crippen molar-refractivity contribution in [2.45, 2.75) is 37.3 Å². The Morgan fingerprint density at radius 1 is 1.24 bits per heavy atom. The van der Waals surface area contributed by atoms with E-state index in [1.54, 1.807) is 30.0 Å². The highest BCUT2D eigenvalue weighted by Crippen LogP contribution is 2.41. The molecule has 3 atom stereocenters. The average molecular weight is 515 g/mol. The third-order valence-corrected chi connectivity index (χ3v) is 7.42. The normalized spacial score (nSPS) is 25.8. The second-order valence-corrected chi connectivity index (χ2v) is 9.80. The summed E-state index contributed by atoms with van der Waals surface area (Å²) in [5.41, 5.74) is 6.86. The molecule has 3 aromatic rings.